The Morgan fingerprint density at radius 3 is 2.52 bits per heavy atom. The lowest BCUT2D eigenvalue weighted by atomic mass is 10.1. The van der Waals surface area contributed by atoms with Gasteiger partial charge >= 0.3 is 0 Å². The number of aliphatic imine (C=N–C) groups is 1. The molecule has 0 spiro atoms. The lowest BCUT2D eigenvalue weighted by molar-refractivity contribution is 0.595. The Morgan fingerprint density at radius 1 is 1.35 bits per heavy atom. The molecule has 0 saturated heterocycles. The van der Waals surface area contributed by atoms with Crippen LogP contribution in [0.3, 0.4) is 0 Å². The summed E-state index contributed by atoms with van der Waals surface area (Å²) in [6.45, 7) is 3.87. The van der Waals surface area contributed by atoms with Crippen LogP contribution in [0.1, 0.15) is 25.5 Å². The molecule has 0 radical (unpaired) electrons. The van der Waals surface area contributed by atoms with Crippen molar-refractivity contribution in [3.05, 3.63) is 33.8 Å². The zero-order valence-corrected chi connectivity index (χ0v) is 17.9. The zero-order chi connectivity index (χ0) is 16.8. The van der Waals surface area contributed by atoms with E-state index in [2.05, 4.69) is 15.6 Å². The van der Waals surface area contributed by atoms with Crippen molar-refractivity contribution in [3.8, 4) is 0 Å². The van der Waals surface area contributed by atoms with Gasteiger partial charge in [-0.3, -0.25) is 4.99 Å². The first-order valence-corrected chi connectivity index (χ1v) is 9.49. The fourth-order valence-corrected chi connectivity index (χ4v) is 3.07. The molecule has 5 nitrogen and oxygen atoms in total. The monoisotopic (exact) mass is 493 g/mol. The van der Waals surface area contributed by atoms with E-state index in [1.807, 2.05) is 13.0 Å². The first-order valence-electron chi connectivity index (χ1n) is 6.91. The molecule has 0 aliphatic carbocycles. The van der Waals surface area contributed by atoms with Gasteiger partial charge in [-0.25, -0.2) is 8.42 Å². The smallest absolute Gasteiger partial charge is 0.191 e. The van der Waals surface area contributed by atoms with Crippen LogP contribution in [0.5, 0.6) is 0 Å². The van der Waals surface area contributed by atoms with Crippen LogP contribution in [0.25, 0.3) is 0 Å². The molecule has 0 aliphatic rings. The number of hydrogen-bond donors (Lipinski definition) is 2. The van der Waals surface area contributed by atoms with Crippen molar-refractivity contribution in [3.63, 3.8) is 0 Å². The summed E-state index contributed by atoms with van der Waals surface area (Å²) in [4.78, 5) is 4.08. The van der Waals surface area contributed by atoms with Gasteiger partial charge in [0.2, 0.25) is 0 Å². The van der Waals surface area contributed by atoms with Crippen LogP contribution in [-0.4, -0.2) is 39.5 Å². The molecule has 0 fully saturated rings. The van der Waals surface area contributed by atoms with Gasteiger partial charge in [-0.15, -0.1) is 24.0 Å². The number of nitrogens with one attached hydrogen (secondary N) is 2. The average Bonchev–Trinajstić information content (AvgIpc) is 2.45. The second-order valence-corrected chi connectivity index (χ2v) is 8.08. The Hall–Kier alpha value is -0.250. The summed E-state index contributed by atoms with van der Waals surface area (Å²) in [5, 5.41) is 7.29. The number of sulfone groups is 1. The predicted octanol–water partition coefficient (Wildman–Crippen LogP) is 3.27. The summed E-state index contributed by atoms with van der Waals surface area (Å²) in [6.07, 6.45) is 0. The SMILES string of the molecule is CCS(=O)(=O)CCNC(=NC)NC(C)c1ccc(Cl)cc1Cl.I. The second kappa shape index (κ2) is 10.6. The molecule has 132 valence electrons. The summed E-state index contributed by atoms with van der Waals surface area (Å²) in [7, 11) is -1.37. The number of benzene rings is 1. The molecule has 1 atom stereocenters. The molecule has 1 aromatic carbocycles. The Bertz CT molecular complexity index is 639. The summed E-state index contributed by atoms with van der Waals surface area (Å²) >= 11 is 12.1. The van der Waals surface area contributed by atoms with E-state index in [0.717, 1.165) is 5.56 Å². The topological polar surface area (TPSA) is 70.6 Å². The van der Waals surface area contributed by atoms with E-state index in [9.17, 15) is 8.42 Å². The number of halogens is 3. The summed E-state index contributed by atoms with van der Waals surface area (Å²) in [5.74, 6) is 0.724. The van der Waals surface area contributed by atoms with Crippen molar-refractivity contribution in [2.75, 3.05) is 25.1 Å². The van der Waals surface area contributed by atoms with Crippen LogP contribution in [0, 0.1) is 0 Å². The molecule has 0 aliphatic heterocycles. The average molecular weight is 494 g/mol. The van der Waals surface area contributed by atoms with Gasteiger partial charge in [0.15, 0.2) is 15.8 Å². The third-order valence-electron chi connectivity index (χ3n) is 3.15. The van der Waals surface area contributed by atoms with Crippen molar-refractivity contribution in [2.45, 2.75) is 19.9 Å². The van der Waals surface area contributed by atoms with E-state index in [1.165, 1.54) is 0 Å². The number of guanidine groups is 1. The third kappa shape index (κ3) is 7.91. The first-order chi connectivity index (χ1) is 10.3. The fourth-order valence-electron chi connectivity index (χ4n) is 1.80. The van der Waals surface area contributed by atoms with Crippen molar-refractivity contribution >= 4 is 63.0 Å². The van der Waals surface area contributed by atoms with Gasteiger partial charge in [0.1, 0.15) is 0 Å². The molecule has 1 rings (SSSR count). The number of rotatable bonds is 6. The lowest BCUT2D eigenvalue weighted by Gasteiger charge is -2.19. The van der Waals surface area contributed by atoms with E-state index >= 15 is 0 Å². The van der Waals surface area contributed by atoms with Gasteiger partial charge in [-0.05, 0) is 24.6 Å². The molecule has 0 saturated carbocycles. The first kappa shape index (κ1) is 22.8. The van der Waals surface area contributed by atoms with Gasteiger partial charge in [-0.1, -0.05) is 36.2 Å². The largest absolute Gasteiger partial charge is 0.355 e. The van der Waals surface area contributed by atoms with E-state index in [1.54, 1.807) is 26.1 Å². The van der Waals surface area contributed by atoms with Crippen molar-refractivity contribution in [1.82, 2.24) is 10.6 Å². The molecule has 1 aromatic rings. The van der Waals surface area contributed by atoms with Crippen molar-refractivity contribution in [2.24, 2.45) is 4.99 Å². The highest BCUT2D eigenvalue weighted by molar-refractivity contribution is 14.0. The molecule has 1 unspecified atom stereocenters. The van der Waals surface area contributed by atoms with E-state index in [-0.39, 0.29) is 41.5 Å². The van der Waals surface area contributed by atoms with Gasteiger partial charge < -0.3 is 10.6 Å². The van der Waals surface area contributed by atoms with Crippen LogP contribution < -0.4 is 10.6 Å². The number of hydrogen-bond acceptors (Lipinski definition) is 3. The summed E-state index contributed by atoms with van der Waals surface area (Å²) in [5.41, 5.74) is 0.884. The Kier molecular flexibility index (Phi) is 10.5. The molecule has 9 heteroatoms. The quantitative estimate of drug-likeness (QED) is 0.362. The molecule has 0 aromatic heterocycles. The highest BCUT2D eigenvalue weighted by atomic mass is 127. The predicted molar refractivity (Wildman–Crippen MR) is 109 cm³/mol. The van der Waals surface area contributed by atoms with E-state index in [4.69, 9.17) is 23.2 Å². The highest BCUT2D eigenvalue weighted by Gasteiger charge is 2.12. The normalized spacial score (nSPS) is 13.2. The Labute approximate surface area is 165 Å². The molecular formula is C14H22Cl2IN3O2S. The third-order valence-corrected chi connectivity index (χ3v) is 5.42. The van der Waals surface area contributed by atoms with Crippen LogP contribution >= 0.6 is 47.2 Å². The molecular weight excluding hydrogens is 472 g/mol. The maximum atomic E-state index is 11.5. The lowest BCUT2D eigenvalue weighted by Crippen LogP contribution is -2.40. The summed E-state index contributed by atoms with van der Waals surface area (Å²) < 4.78 is 22.9. The second-order valence-electron chi connectivity index (χ2n) is 4.77. The van der Waals surface area contributed by atoms with Crippen molar-refractivity contribution < 1.29 is 8.42 Å². The van der Waals surface area contributed by atoms with Crippen molar-refractivity contribution in [1.29, 1.82) is 0 Å². The standard InChI is InChI=1S/C14H21Cl2N3O2S.HI/c1-4-22(20,21)8-7-18-14(17-3)19-10(2)12-6-5-11(15)9-13(12)16;/h5-6,9-10H,4,7-8H2,1-3H3,(H2,17,18,19);1H. The van der Waals surface area contributed by atoms with Crippen LogP contribution in [0.15, 0.2) is 23.2 Å². The minimum absolute atomic E-state index is 0. The highest BCUT2D eigenvalue weighted by Crippen LogP contribution is 2.25. The fraction of sp³-hybridized carbons (Fsp3) is 0.500. The molecule has 23 heavy (non-hydrogen) atoms. The molecule has 0 heterocycles. The maximum Gasteiger partial charge on any atom is 0.191 e. The van der Waals surface area contributed by atoms with Crippen LogP contribution in [-0.2, 0) is 9.84 Å². The maximum absolute atomic E-state index is 11.5. The van der Waals surface area contributed by atoms with Crippen LogP contribution in [0.4, 0.5) is 0 Å². The molecule has 2 N–H and O–H groups in total. The minimum Gasteiger partial charge on any atom is -0.355 e. The molecule has 0 amide bonds. The summed E-state index contributed by atoms with van der Waals surface area (Å²) in [6, 6.07) is 5.20. The number of nitrogens with zero attached hydrogens (tertiary/aromatic N) is 1. The van der Waals surface area contributed by atoms with E-state index < -0.39 is 9.84 Å². The van der Waals surface area contributed by atoms with Gasteiger partial charge in [0.05, 0.1) is 11.8 Å². The Balaban J connectivity index is 0.00000484. The minimum atomic E-state index is -3.00. The Morgan fingerprint density at radius 2 is 2.00 bits per heavy atom. The van der Waals surface area contributed by atoms with Gasteiger partial charge in [0, 0.05) is 29.4 Å². The van der Waals surface area contributed by atoms with Gasteiger partial charge in [0.25, 0.3) is 0 Å². The zero-order valence-electron chi connectivity index (χ0n) is 13.3. The van der Waals surface area contributed by atoms with E-state index in [0.29, 0.717) is 22.5 Å². The van der Waals surface area contributed by atoms with Crippen LogP contribution in [0.2, 0.25) is 10.0 Å². The van der Waals surface area contributed by atoms with Gasteiger partial charge in [-0.2, -0.15) is 0 Å². The molecule has 0 bridgehead atoms.